The minimum atomic E-state index is -3.77. The van der Waals surface area contributed by atoms with Gasteiger partial charge in [0, 0.05) is 25.2 Å². The van der Waals surface area contributed by atoms with Gasteiger partial charge in [0.1, 0.15) is 10.7 Å². The van der Waals surface area contributed by atoms with Crippen LogP contribution < -0.4 is 10.5 Å². The Morgan fingerprint density at radius 1 is 1.30 bits per heavy atom. The van der Waals surface area contributed by atoms with Gasteiger partial charge in [0.25, 0.3) is 0 Å². The molecule has 2 fully saturated rings. The molecule has 2 aliphatic rings. The van der Waals surface area contributed by atoms with Crippen LogP contribution in [0.4, 0.5) is 10.1 Å². The van der Waals surface area contributed by atoms with Crippen molar-refractivity contribution < 1.29 is 12.8 Å². The van der Waals surface area contributed by atoms with Gasteiger partial charge in [0.05, 0.1) is 5.69 Å². The summed E-state index contributed by atoms with van der Waals surface area (Å²) in [5.74, 6) is -0.606. The Bertz CT molecular complexity index is 616. The highest BCUT2D eigenvalue weighted by Crippen LogP contribution is 2.30. The van der Waals surface area contributed by atoms with Gasteiger partial charge in [-0.15, -0.1) is 0 Å². The van der Waals surface area contributed by atoms with Crippen LogP contribution in [0.3, 0.4) is 0 Å². The minimum absolute atomic E-state index is 0.0657. The molecule has 1 saturated heterocycles. The largest absolute Gasteiger partial charge is 0.398 e. The van der Waals surface area contributed by atoms with Gasteiger partial charge in [-0.05, 0) is 37.5 Å². The van der Waals surface area contributed by atoms with Gasteiger partial charge in [-0.2, -0.15) is 0 Å². The van der Waals surface area contributed by atoms with Crippen LogP contribution >= 0.6 is 0 Å². The number of sulfonamides is 1. The van der Waals surface area contributed by atoms with E-state index in [2.05, 4.69) is 9.62 Å². The molecule has 110 valence electrons. The fraction of sp³-hybridized carbons (Fsp3) is 0.538. The average molecular weight is 299 g/mol. The number of nitrogens with zero attached hydrogens (tertiary/aromatic N) is 1. The lowest BCUT2D eigenvalue weighted by Gasteiger charge is -2.16. The molecule has 3 rings (SSSR count). The quantitative estimate of drug-likeness (QED) is 0.811. The van der Waals surface area contributed by atoms with E-state index < -0.39 is 15.8 Å². The highest BCUT2D eigenvalue weighted by molar-refractivity contribution is 7.89. The number of anilines is 1. The van der Waals surface area contributed by atoms with Crippen LogP contribution in [-0.4, -0.2) is 38.5 Å². The fourth-order valence-corrected chi connectivity index (χ4v) is 4.08. The molecule has 0 bridgehead atoms. The highest BCUT2D eigenvalue weighted by atomic mass is 32.2. The molecule has 1 atom stereocenters. The van der Waals surface area contributed by atoms with Gasteiger partial charge >= 0.3 is 0 Å². The lowest BCUT2D eigenvalue weighted by molar-refractivity contribution is 0.322. The molecule has 1 unspecified atom stereocenters. The molecule has 1 heterocycles. The van der Waals surface area contributed by atoms with E-state index in [4.69, 9.17) is 5.73 Å². The molecule has 7 heteroatoms. The van der Waals surface area contributed by atoms with E-state index in [1.165, 1.54) is 18.9 Å². The van der Waals surface area contributed by atoms with E-state index in [1.807, 2.05) is 0 Å². The van der Waals surface area contributed by atoms with Gasteiger partial charge in [-0.25, -0.2) is 17.5 Å². The molecule has 0 spiro atoms. The summed E-state index contributed by atoms with van der Waals surface area (Å²) in [6.45, 7) is 1.63. The molecular weight excluding hydrogens is 281 g/mol. The number of nitrogen functional groups attached to an aromatic ring is 1. The van der Waals surface area contributed by atoms with Crippen molar-refractivity contribution in [3.63, 3.8) is 0 Å². The fourth-order valence-electron chi connectivity index (χ4n) is 2.68. The van der Waals surface area contributed by atoms with Crippen LogP contribution in [0, 0.1) is 5.82 Å². The zero-order chi connectivity index (χ0) is 14.3. The summed E-state index contributed by atoms with van der Waals surface area (Å²) in [6.07, 6.45) is 3.19. The van der Waals surface area contributed by atoms with Crippen LogP contribution in [0.25, 0.3) is 0 Å². The van der Waals surface area contributed by atoms with Gasteiger partial charge in [0.2, 0.25) is 10.0 Å². The molecule has 20 heavy (non-hydrogen) atoms. The number of nitrogens with two attached hydrogens (primary N) is 1. The lowest BCUT2D eigenvalue weighted by Crippen LogP contribution is -2.37. The predicted molar refractivity (Wildman–Crippen MR) is 74.1 cm³/mol. The van der Waals surface area contributed by atoms with Crippen LogP contribution in [0.5, 0.6) is 0 Å². The van der Waals surface area contributed by atoms with Crippen molar-refractivity contribution in [3.05, 3.63) is 24.0 Å². The molecule has 1 aliphatic heterocycles. The second kappa shape index (κ2) is 4.98. The number of hydrogen-bond acceptors (Lipinski definition) is 4. The second-order valence-corrected chi connectivity index (χ2v) is 7.20. The SMILES string of the molecule is Nc1ccc(F)cc1S(=O)(=O)NC1CCN(C2CC2)C1. The molecule has 0 radical (unpaired) electrons. The van der Waals surface area contributed by atoms with Crippen molar-refractivity contribution in [2.45, 2.75) is 36.2 Å². The third kappa shape index (κ3) is 2.79. The van der Waals surface area contributed by atoms with Gasteiger partial charge < -0.3 is 5.73 Å². The van der Waals surface area contributed by atoms with Crippen molar-refractivity contribution in [1.29, 1.82) is 0 Å². The maximum atomic E-state index is 13.2. The normalized spacial score (nSPS) is 24.1. The van der Waals surface area contributed by atoms with Crippen molar-refractivity contribution >= 4 is 15.7 Å². The Balaban J connectivity index is 1.73. The summed E-state index contributed by atoms with van der Waals surface area (Å²) < 4.78 is 40.4. The molecule has 1 aromatic carbocycles. The van der Waals surface area contributed by atoms with Crippen LogP contribution in [0.1, 0.15) is 19.3 Å². The number of rotatable bonds is 4. The molecule has 1 aromatic rings. The van der Waals surface area contributed by atoms with Crippen LogP contribution in [0.2, 0.25) is 0 Å². The molecule has 5 nitrogen and oxygen atoms in total. The van der Waals surface area contributed by atoms with Gasteiger partial charge in [-0.1, -0.05) is 0 Å². The summed E-state index contributed by atoms with van der Waals surface area (Å²) in [6, 6.07) is 3.89. The highest BCUT2D eigenvalue weighted by Gasteiger charge is 2.36. The molecule has 1 saturated carbocycles. The first-order valence-corrected chi connectivity index (χ1v) is 8.25. The number of benzene rings is 1. The maximum absolute atomic E-state index is 13.2. The minimum Gasteiger partial charge on any atom is -0.398 e. The summed E-state index contributed by atoms with van der Waals surface area (Å²) >= 11 is 0. The monoisotopic (exact) mass is 299 g/mol. The molecule has 3 N–H and O–H groups in total. The van der Waals surface area contributed by atoms with E-state index in [9.17, 15) is 12.8 Å². The van der Waals surface area contributed by atoms with Crippen LogP contribution in [-0.2, 0) is 10.0 Å². The Labute approximate surface area is 118 Å². The Morgan fingerprint density at radius 3 is 2.75 bits per heavy atom. The second-order valence-electron chi connectivity index (χ2n) is 5.52. The first kappa shape index (κ1) is 13.8. The number of nitrogens with one attached hydrogen (secondary N) is 1. The average Bonchev–Trinajstić information content (AvgIpc) is 3.13. The standard InChI is InChI=1S/C13H18FN3O2S/c14-9-1-4-12(15)13(7-9)20(18,19)16-10-5-6-17(8-10)11-2-3-11/h1,4,7,10-11,16H,2-3,5-6,8,15H2. The van der Waals surface area contributed by atoms with E-state index >= 15 is 0 Å². The summed E-state index contributed by atoms with van der Waals surface area (Å²) in [4.78, 5) is 2.13. The smallest absolute Gasteiger partial charge is 0.243 e. The first-order chi connectivity index (χ1) is 9.45. The molecular formula is C13H18FN3O2S. The summed E-state index contributed by atoms with van der Waals surface area (Å²) in [5, 5.41) is 0. The molecule has 0 amide bonds. The third-order valence-corrected chi connectivity index (χ3v) is 5.45. The zero-order valence-corrected chi connectivity index (χ0v) is 11.9. The van der Waals surface area contributed by atoms with Gasteiger partial charge in [0.15, 0.2) is 0 Å². The number of likely N-dealkylation sites (tertiary alicyclic amines) is 1. The molecule has 1 aliphatic carbocycles. The van der Waals surface area contributed by atoms with Crippen molar-refractivity contribution in [2.24, 2.45) is 0 Å². The Hall–Kier alpha value is -1.18. The van der Waals surface area contributed by atoms with E-state index in [1.54, 1.807) is 0 Å². The van der Waals surface area contributed by atoms with E-state index in [0.29, 0.717) is 6.04 Å². The lowest BCUT2D eigenvalue weighted by atomic mass is 10.3. The van der Waals surface area contributed by atoms with Crippen LogP contribution in [0.15, 0.2) is 23.1 Å². The van der Waals surface area contributed by atoms with Gasteiger partial charge in [-0.3, -0.25) is 4.90 Å². The zero-order valence-electron chi connectivity index (χ0n) is 11.0. The third-order valence-electron chi connectivity index (χ3n) is 3.87. The topological polar surface area (TPSA) is 75.4 Å². The van der Waals surface area contributed by atoms with Crippen molar-refractivity contribution in [2.75, 3.05) is 18.8 Å². The summed E-state index contributed by atoms with van der Waals surface area (Å²) in [7, 11) is -3.77. The van der Waals surface area contributed by atoms with E-state index in [-0.39, 0.29) is 16.6 Å². The molecule has 0 aromatic heterocycles. The van der Waals surface area contributed by atoms with Crippen molar-refractivity contribution in [1.82, 2.24) is 9.62 Å². The number of halogens is 1. The Kier molecular flexibility index (Phi) is 3.43. The summed E-state index contributed by atoms with van der Waals surface area (Å²) in [5.41, 5.74) is 5.70. The number of hydrogen-bond donors (Lipinski definition) is 2. The first-order valence-electron chi connectivity index (χ1n) is 6.77. The van der Waals surface area contributed by atoms with E-state index in [0.717, 1.165) is 31.6 Å². The maximum Gasteiger partial charge on any atom is 0.243 e. The van der Waals surface area contributed by atoms with Crippen molar-refractivity contribution in [3.8, 4) is 0 Å². The Morgan fingerprint density at radius 2 is 2.05 bits per heavy atom. The predicted octanol–water partition coefficient (Wildman–Crippen LogP) is 0.923.